The SMILES string of the molecule is CC(C)n1c(=O)c(Br)nc2cnc(N=CC3CCC(N)CC3)nc21. The van der Waals surface area contributed by atoms with Gasteiger partial charge in [0.15, 0.2) is 10.3 Å². The maximum absolute atomic E-state index is 12.3. The Morgan fingerprint density at radius 2 is 2.04 bits per heavy atom. The predicted molar refractivity (Wildman–Crippen MR) is 97.8 cm³/mol. The second-order valence-electron chi connectivity index (χ2n) is 6.50. The Kier molecular flexibility index (Phi) is 5.05. The van der Waals surface area contributed by atoms with Crippen molar-refractivity contribution in [3.63, 3.8) is 0 Å². The van der Waals surface area contributed by atoms with E-state index in [1.54, 1.807) is 10.8 Å². The lowest BCUT2D eigenvalue weighted by Crippen LogP contribution is -2.26. The molecule has 0 amide bonds. The highest BCUT2D eigenvalue weighted by Crippen LogP contribution is 2.22. The largest absolute Gasteiger partial charge is 0.328 e. The van der Waals surface area contributed by atoms with Gasteiger partial charge in [-0.15, -0.1) is 0 Å². The van der Waals surface area contributed by atoms with E-state index in [1.165, 1.54) is 0 Å². The third kappa shape index (κ3) is 3.54. The zero-order chi connectivity index (χ0) is 17.3. The minimum absolute atomic E-state index is 0.0362. The summed E-state index contributed by atoms with van der Waals surface area (Å²) >= 11 is 3.20. The Bertz CT molecular complexity index is 823. The zero-order valence-corrected chi connectivity index (χ0v) is 15.4. The zero-order valence-electron chi connectivity index (χ0n) is 13.8. The third-order valence-corrected chi connectivity index (χ3v) is 4.83. The van der Waals surface area contributed by atoms with E-state index in [2.05, 4.69) is 35.9 Å². The molecule has 0 atom stereocenters. The van der Waals surface area contributed by atoms with Crippen LogP contribution in [0.15, 0.2) is 20.6 Å². The second-order valence-corrected chi connectivity index (χ2v) is 7.25. The molecule has 1 aliphatic carbocycles. The molecule has 8 heteroatoms. The van der Waals surface area contributed by atoms with Crippen LogP contribution >= 0.6 is 15.9 Å². The van der Waals surface area contributed by atoms with Gasteiger partial charge in [0.25, 0.3) is 11.5 Å². The number of nitrogens with zero attached hydrogens (tertiary/aromatic N) is 5. The summed E-state index contributed by atoms with van der Waals surface area (Å²) < 4.78 is 1.87. The molecule has 0 aromatic carbocycles. The molecule has 0 aliphatic heterocycles. The lowest BCUT2D eigenvalue weighted by atomic mass is 9.87. The Morgan fingerprint density at radius 3 is 2.71 bits per heavy atom. The van der Waals surface area contributed by atoms with E-state index in [-0.39, 0.29) is 16.2 Å². The molecule has 24 heavy (non-hydrogen) atoms. The van der Waals surface area contributed by atoms with E-state index in [9.17, 15) is 4.79 Å². The summed E-state index contributed by atoms with van der Waals surface area (Å²) in [5, 5.41) is 0. The Labute approximate surface area is 148 Å². The predicted octanol–water partition coefficient (Wildman–Crippen LogP) is 2.75. The molecule has 0 spiro atoms. The van der Waals surface area contributed by atoms with E-state index in [0.717, 1.165) is 25.7 Å². The molecule has 0 saturated heterocycles. The van der Waals surface area contributed by atoms with Gasteiger partial charge in [-0.25, -0.2) is 15.0 Å². The first-order chi connectivity index (χ1) is 11.5. The van der Waals surface area contributed by atoms with Gasteiger partial charge in [-0.2, -0.15) is 4.98 Å². The maximum atomic E-state index is 12.3. The van der Waals surface area contributed by atoms with Crippen LogP contribution in [0.5, 0.6) is 0 Å². The summed E-state index contributed by atoms with van der Waals surface area (Å²) in [6.07, 6.45) is 7.67. The Balaban J connectivity index is 1.94. The Hall–Kier alpha value is -1.67. The van der Waals surface area contributed by atoms with Crippen molar-refractivity contribution in [2.45, 2.75) is 51.6 Å². The summed E-state index contributed by atoms with van der Waals surface area (Å²) in [5.74, 6) is 0.773. The van der Waals surface area contributed by atoms with Crippen LogP contribution < -0.4 is 11.3 Å². The summed E-state index contributed by atoms with van der Waals surface area (Å²) in [7, 11) is 0. The lowest BCUT2D eigenvalue weighted by molar-refractivity contribution is 0.396. The summed E-state index contributed by atoms with van der Waals surface area (Å²) in [6.45, 7) is 3.87. The molecule has 0 unspecified atom stereocenters. The highest BCUT2D eigenvalue weighted by Gasteiger charge is 2.17. The van der Waals surface area contributed by atoms with Gasteiger partial charge in [-0.05, 0) is 61.4 Å². The molecule has 7 nitrogen and oxygen atoms in total. The fourth-order valence-corrected chi connectivity index (χ4v) is 3.35. The number of rotatable bonds is 3. The third-order valence-electron chi connectivity index (χ3n) is 4.31. The van der Waals surface area contributed by atoms with E-state index in [0.29, 0.717) is 29.1 Å². The van der Waals surface area contributed by atoms with Crippen LogP contribution in [-0.2, 0) is 0 Å². The molecule has 3 rings (SSSR count). The van der Waals surface area contributed by atoms with Crippen molar-refractivity contribution in [3.8, 4) is 0 Å². The van der Waals surface area contributed by atoms with Gasteiger partial charge in [0.2, 0.25) is 0 Å². The van der Waals surface area contributed by atoms with Gasteiger partial charge < -0.3 is 5.73 Å². The maximum Gasteiger partial charge on any atom is 0.285 e. The van der Waals surface area contributed by atoms with Crippen LogP contribution in [0.2, 0.25) is 0 Å². The molecular formula is C16H21BrN6O. The summed E-state index contributed by atoms with van der Waals surface area (Å²) in [4.78, 5) is 29.6. The number of halogens is 1. The van der Waals surface area contributed by atoms with Crippen LogP contribution in [-0.4, -0.2) is 31.8 Å². The van der Waals surface area contributed by atoms with Gasteiger partial charge in [-0.1, -0.05) is 0 Å². The number of fused-ring (bicyclic) bond motifs is 1. The number of nitrogens with two attached hydrogens (primary N) is 1. The van der Waals surface area contributed by atoms with Crippen molar-refractivity contribution >= 4 is 39.3 Å². The first kappa shape index (κ1) is 17.2. The van der Waals surface area contributed by atoms with Crippen LogP contribution in [0.4, 0.5) is 5.95 Å². The van der Waals surface area contributed by atoms with Gasteiger partial charge >= 0.3 is 0 Å². The van der Waals surface area contributed by atoms with E-state index < -0.39 is 0 Å². The summed E-state index contributed by atoms with van der Waals surface area (Å²) in [6, 6.07) is 0.280. The van der Waals surface area contributed by atoms with E-state index in [4.69, 9.17) is 5.73 Å². The molecule has 1 aliphatic rings. The number of hydrogen-bond acceptors (Lipinski definition) is 6. The molecule has 1 saturated carbocycles. The van der Waals surface area contributed by atoms with Gasteiger partial charge in [-0.3, -0.25) is 9.36 Å². The average Bonchev–Trinajstić information content (AvgIpc) is 2.55. The number of aliphatic imine (C=N–C) groups is 1. The van der Waals surface area contributed by atoms with Crippen molar-refractivity contribution in [3.05, 3.63) is 21.2 Å². The van der Waals surface area contributed by atoms with Crippen LogP contribution in [0.3, 0.4) is 0 Å². The molecule has 0 radical (unpaired) electrons. The molecule has 1 fully saturated rings. The highest BCUT2D eigenvalue weighted by atomic mass is 79.9. The van der Waals surface area contributed by atoms with Crippen molar-refractivity contribution in [2.75, 3.05) is 0 Å². The monoisotopic (exact) mass is 392 g/mol. The topological polar surface area (TPSA) is 99.0 Å². The van der Waals surface area contributed by atoms with E-state index in [1.807, 2.05) is 20.1 Å². The fraction of sp³-hybridized carbons (Fsp3) is 0.562. The Morgan fingerprint density at radius 1 is 1.33 bits per heavy atom. The van der Waals surface area contributed by atoms with Crippen molar-refractivity contribution in [1.82, 2.24) is 19.5 Å². The molecular weight excluding hydrogens is 372 g/mol. The lowest BCUT2D eigenvalue weighted by Gasteiger charge is -2.22. The molecule has 2 aromatic heterocycles. The van der Waals surface area contributed by atoms with Gasteiger partial charge in [0.05, 0.1) is 6.20 Å². The van der Waals surface area contributed by atoms with Crippen LogP contribution in [0.25, 0.3) is 11.2 Å². The van der Waals surface area contributed by atoms with Crippen molar-refractivity contribution in [2.24, 2.45) is 16.6 Å². The molecule has 2 aromatic rings. The quantitative estimate of drug-likeness (QED) is 0.809. The number of aromatic nitrogens is 4. The fourth-order valence-electron chi connectivity index (χ4n) is 2.97. The molecule has 2 N–H and O–H groups in total. The average molecular weight is 393 g/mol. The molecule has 2 heterocycles. The standard InChI is InChI=1S/C16H21BrN6O/c1-9(2)23-14-12(21-13(17)15(23)24)8-20-16(22-14)19-7-10-3-5-11(18)6-4-10/h7-11H,3-6,18H2,1-2H3. The van der Waals surface area contributed by atoms with Crippen LogP contribution in [0, 0.1) is 5.92 Å². The first-order valence-electron chi connectivity index (χ1n) is 8.20. The second kappa shape index (κ2) is 7.06. The van der Waals surface area contributed by atoms with Crippen LogP contribution in [0.1, 0.15) is 45.6 Å². The molecule has 128 valence electrons. The molecule has 0 bridgehead atoms. The van der Waals surface area contributed by atoms with Gasteiger partial charge in [0, 0.05) is 18.3 Å². The van der Waals surface area contributed by atoms with Crippen molar-refractivity contribution in [1.29, 1.82) is 0 Å². The minimum Gasteiger partial charge on any atom is -0.328 e. The van der Waals surface area contributed by atoms with E-state index >= 15 is 0 Å². The summed E-state index contributed by atoms with van der Waals surface area (Å²) in [5.41, 5.74) is 6.80. The smallest absolute Gasteiger partial charge is 0.285 e. The number of hydrogen-bond donors (Lipinski definition) is 1. The normalized spacial score (nSPS) is 21.9. The van der Waals surface area contributed by atoms with Crippen molar-refractivity contribution < 1.29 is 0 Å². The first-order valence-corrected chi connectivity index (χ1v) is 8.99. The highest BCUT2D eigenvalue weighted by molar-refractivity contribution is 9.10. The minimum atomic E-state index is -0.201. The van der Waals surface area contributed by atoms with Gasteiger partial charge in [0.1, 0.15) is 5.52 Å².